The summed E-state index contributed by atoms with van der Waals surface area (Å²) in [5, 5.41) is -0.166. The third-order valence-electron chi connectivity index (χ3n) is 3.24. The number of carbonyl (C=O) groups excluding carboxylic acids is 1. The molecular formula is C14H20ClFN2O3S. The Morgan fingerprint density at radius 3 is 2.32 bits per heavy atom. The van der Waals surface area contributed by atoms with Crippen molar-refractivity contribution in [2.45, 2.75) is 20.3 Å². The van der Waals surface area contributed by atoms with E-state index in [-0.39, 0.29) is 29.6 Å². The minimum atomic E-state index is -3.60. The Labute approximate surface area is 135 Å². The Morgan fingerprint density at radius 1 is 1.27 bits per heavy atom. The van der Waals surface area contributed by atoms with Crippen molar-refractivity contribution >= 4 is 33.2 Å². The van der Waals surface area contributed by atoms with Gasteiger partial charge in [0, 0.05) is 26.1 Å². The van der Waals surface area contributed by atoms with Crippen LogP contribution in [0.5, 0.6) is 0 Å². The van der Waals surface area contributed by atoms with Gasteiger partial charge in [0.25, 0.3) is 0 Å². The lowest BCUT2D eigenvalue weighted by atomic mass is 10.3. The lowest BCUT2D eigenvalue weighted by Gasteiger charge is -2.24. The van der Waals surface area contributed by atoms with Crippen LogP contribution in [-0.4, -0.2) is 45.1 Å². The Bertz CT molecular complexity index is 633. The van der Waals surface area contributed by atoms with Crippen LogP contribution in [0, 0.1) is 5.82 Å². The van der Waals surface area contributed by atoms with Crippen molar-refractivity contribution in [1.29, 1.82) is 0 Å². The highest BCUT2D eigenvalue weighted by molar-refractivity contribution is 7.92. The van der Waals surface area contributed by atoms with Gasteiger partial charge in [-0.2, -0.15) is 0 Å². The van der Waals surface area contributed by atoms with E-state index in [0.717, 1.165) is 16.6 Å². The van der Waals surface area contributed by atoms with Crippen molar-refractivity contribution in [3.63, 3.8) is 0 Å². The van der Waals surface area contributed by atoms with E-state index in [0.29, 0.717) is 13.1 Å². The molecule has 1 aromatic carbocycles. The first-order valence-electron chi connectivity index (χ1n) is 6.91. The molecule has 0 saturated carbocycles. The number of nitrogens with zero attached hydrogens (tertiary/aromatic N) is 2. The quantitative estimate of drug-likeness (QED) is 0.759. The van der Waals surface area contributed by atoms with Crippen LogP contribution in [0.15, 0.2) is 18.2 Å². The molecule has 0 bridgehead atoms. The maximum absolute atomic E-state index is 13.2. The zero-order chi connectivity index (χ0) is 16.9. The molecule has 0 N–H and O–H groups in total. The lowest BCUT2D eigenvalue weighted by molar-refractivity contribution is -0.130. The van der Waals surface area contributed by atoms with Gasteiger partial charge in [0.15, 0.2) is 0 Å². The Morgan fingerprint density at radius 2 is 1.86 bits per heavy atom. The van der Waals surface area contributed by atoms with Gasteiger partial charge in [0.2, 0.25) is 15.9 Å². The zero-order valence-corrected chi connectivity index (χ0v) is 14.4. The normalized spacial score (nSPS) is 11.3. The maximum Gasteiger partial charge on any atom is 0.232 e. The lowest BCUT2D eigenvalue weighted by Crippen LogP contribution is -2.36. The Hall–Kier alpha value is -1.34. The molecule has 0 aliphatic carbocycles. The zero-order valence-electron chi connectivity index (χ0n) is 12.8. The minimum Gasteiger partial charge on any atom is -0.343 e. The van der Waals surface area contributed by atoms with Crippen molar-refractivity contribution in [1.82, 2.24) is 4.90 Å². The molecule has 5 nitrogen and oxygen atoms in total. The molecule has 0 spiro atoms. The summed E-state index contributed by atoms with van der Waals surface area (Å²) < 4.78 is 38.1. The fourth-order valence-electron chi connectivity index (χ4n) is 2.06. The SMILES string of the molecule is CCN(CC)C(=O)CCN(c1ccc(F)c(Cl)c1)S(C)(=O)=O. The number of amides is 1. The van der Waals surface area contributed by atoms with Gasteiger partial charge in [-0.05, 0) is 32.0 Å². The molecule has 1 aromatic rings. The number of hydrogen-bond donors (Lipinski definition) is 0. The molecule has 0 heterocycles. The molecule has 124 valence electrons. The van der Waals surface area contributed by atoms with Gasteiger partial charge in [-0.3, -0.25) is 9.10 Å². The van der Waals surface area contributed by atoms with E-state index in [2.05, 4.69) is 0 Å². The number of hydrogen-bond acceptors (Lipinski definition) is 3. The number of rotatable bonds is 7. The van der Waals surface area contributed by atoms with Crippen molar-refractivity contribution in [3.8, 4) is 0 Å². The van der Waals surface area contributed by atoms with Gasteiger partial charge in [0.05, 0.1) is 17.0 Å². The third-order valence-corrected chi connectivity index (χ3v) is 4.72. The smallest absolute Gasteiger partial charge is 0.232 e. The number of halogens is 2. The van der Waals surface area contributed by atoms with Gasteiger partial charge in [-0.15, -0.1) is 0 Å². The summed E-state index contributed by atoms with van der Waals surface area (Å²) in [4.78, 5) is 13.6. The van der Waals surface area contributed by atoms with Crippen molar-refractivity contribution in [3.05, 3.63) is 29.0 Å². The summed E-state index contributed by atoms with van der Waals surface area (Å²) in [7, 11) is -3.60. The van der Waals surface area contributed by atoms with Crippen LogP contribution in [-0.2, 0) is 14.8 Å². The van der Waals surface area contributed by atoms with Crippen LogP contribution in [0.2, 0.25) is 5.02 Å². The molecule has 0 unspecified atom stereocenters. The van der Waals surface area contributed by atoms with Crippen LogP contribution in [0.25, 0.3) is 0 Å². The fraction of sp³-hybridized carbons (Fsp3) is 0.500. The molecule has 1 rings (SSSR count). The Kier molecular flexibility index (Phi) is 6.62. The maximum atomic E-state index is 13.2. The van der Waals surface area contributed by atoms with Crippen LogP contribution in [0.1, 0.15) is 20.3 Å². The van der Waals surface area contributed by atoms with Gasteiger partial charge in [-0.25, -0.2) is 12.8 Å². The molecule has 0 aliphatic rings. The van der Waals surface area contributed by atoms with Gasteiger partial charge in [-0.1, -0.05) is 11.6 Å². The number of benzene rings is 1. The van der Waals surface area contributed by atoms with Crippen molar-refractivity contribution in [2.24, 2.45) is 0 Å². The molecule has 0 aromatic heterocycles. The van der Waals surface area contributed by atoms with E-state index in [1.54, 1.807) is 4.90 Å². The average Bonchev–Trinajstić information content (AvgIpc) is 2.42. The predicted molar refractivity (Wildman–Crippen MR) is 86.1 cm³/mol. The minimum absolute atomic E-state index is 0.0177. The molecule has 0 aliphatic heterocycles. The molecule has 0 atom stereocenters. The molecule has 0 radical (unpaired) electrons. The summed E-state index contributed by atoms with van der Waals surface area (Å²) in [5.74, 6) is -0.759. The molecule has 0 fully saturated rings. The average molecular weight is 351 g/mol. The monoisotopic (exact) mass is 350 g/mol. The Balaban J connectivity index is 2.96. The number of carbonyl (C=O) groups is 1. The first-order chi connectivity index (χ1) is 10.2. The number of anilines is 1. The third kappa shape index (κ3) is 4.84. The van der Waals surface area contributed by atoms with E-state index in [1.807, 2.05) is 13.8 Å². The fourth-order valence-corrected chi connectivity index (χ4v) is 3.15. The van der Waals surface area contributed by atoms with Gasteiger partial charge < -0.3 is 4.90 Å². The molecule has 1 amide bonds. The summed E-state index contributed by atoms with van der Waals surface area (Å²) in [5.41, 5.74) is 0.237. The van der Waals surface area contributed by atoms with Crippen molar-refractivity contribution in [2.75, 3.05) is 30.2 Å². The summed E-state index contributed by atoms with van der Waals surface area (Å²) >= 11 is 5.69. The second-order valence-electron chi connectivity index (χ2n) is 4.75. The van der Waals surface area contributed by atoms with Crippen LogP contribution in [0.3, 0.4) is 0 Å². The molecule has 22 heavy (non-hydrogen) atoms. The van der Waals surface area contributed by atoms with E-state index in [9.17, 15) is 17.6 Å². The topological polar surface area (TPSA) is 57.7 Å². The molecule has 8 heteroatoms. The van der Waals surface area contributed by atoms with Gasteiger partial charge >= 0.3 is 0 Å². The van der Waals surface area contributed by atoms with Crippen LogP contribution >= 0.6 is 11.6 Å². The highest BCUT2D eigenvalue weighted by Crippen LogP contribution is 2.24. The van der Waals surface area contributed by atoms with E-state index in [4.69, 9.17) is 11.6 Å². The standard InChI is InChI=1S/C14H20ClFN2O3S/c1-4-17(5-2)14(19)8-9-18(22(3,20)21)11-6-7-13(16)12(15)10-11/h6-7,10H,4-5,8-9H2,1-3H3. The molecular weight excluding hydrogens is 331 g/mol. The number of sulfonamides is 1. The van der Waals surface area contributed by atoms with E-state index < -0.39 is 15.8 Å². The van der Waals surface area contributed by atoms with Crippen LogP contribution < -0.4 is 4.31 Å². The predicted octanol–water partition coefficient (Wildman–Crippen LogP) is 2.50. The first kappa shape index (κ1) is 18.7. The van der Waals surface area contributed by atoms with Crippen LogP contribution in [0.4, 0.5) is 10.1 Å². The second-order valence-corrected chi connectivity index (χ2v) is 7.06. The van der Waals surface area contributed by atoms with Crippen molar-refractivity contribution < 1.29 is 17.6 Å². The first-order valence-corrected chi connectivity index (χ1v) is 9.13. The largest absolute Gasteiger partial charge is 0.343 e. The highest BCUT2D eigenvalue weighted by atomic mass is 35.5. The van der Waals surface area contributed by atoms with E-state index in [1.165, 1.54) is 12.1 Å². The second kappa shape index (κ2) is 7.78. The highest BCUT2D eigenvalue weighted by Gasteiger charge is 2.20. The summed E-state index contributed by atoms with van der Waals surface area (Å²) in [6, 6.07) is 3.66. The summed E-state index contributed by atoms with van der Waals surface area (Å²) in [6.07, 6.45) is 1.08. The van der Waals surface area contributed by atoms with Gasteiger partial charge in [0.1, 0.15) is 5.82 Å². The summed E-state index contributed by atoms with van der Waals surface area (Å²) in [6.45, 7) is 4.83. The molecule has 0 saturated heterocycles. The van der Waals surface area contributed by atoms with E-state index >= 15 is 0 Å².